The number of para-hydroxylation sites is 2. The third-order valence-corrected chi connectivity index (χ3v) is 5.22. The third-order valence-electron chi connectivity index (χ3n) is 4.28. The summed E-state index contributed by atoms with van der Waals surface area (Å²) in [5, 5.41) is 10.7. The summed E-state index contributed by atoms with van der Waals surface area (Å²) in [5.41, 5.74) is 2.35. The van der Waals surface area contributed by atoms with Crippen LogP contribution in [0.2, 0.25) is 0 Å². The number of methoxy groups -OCH3 is 3. The van der Waals surface area contributed by atoms with Crippen LogP contribution in [0, 0.1) is 0 Å². The summed E-state index contributed by atoms with van der Waals surface area (Å²) in [4.78, 5) is 17.0. The van der Waals surface area contributed by atoms with Crippen LogP contribution in [-0.2, 0) is 4.79 Å². The number of amides is 1. The lowest BCUT2D eigenvalue weighted by atomic mass is 10.2. The van der Waals surface area contributed by atoms with Crippen molar-refractivity contribution in [2.75, 3.05) is 32.4 Å². The zero-order valence-corrected chi connectivity index (χ0v) is 16.9. The van der Waals surface area contributed by atoms with Gasteiger partial charge >= 0.3 is 0 Å². The Labute approximate surface area is 170 Å². The van der Waals surface area contributed by atoms with Gasteiger partial charge in [0.05, 0.1) is 38.1 Å². The van der Waals surface area contributed by atoms with E-state index in [1.807, 2.05) is 28.7 Å². The number of aromatic nitrogens is 4. The van der Waals surface area contributed by atoms with Crippen LogP contribution in [0.15, 0.2) is 41.6 Å². The summed E-state index contributed by atoms with van der Waals surface area (Å²) in [6.45, 7) is 0. The Morgan fingerprint density at radius 1 is 1.14 bits per heavy atom. The molecular formula is C19H19N5O4S. The maximum Gasteiger partial charge on any atom is 0.234 e. The molecule has 0 saturated carbocycles. The van der Waals surface area contributed by atoms with Gasteiger partial charge in [0.25, 0.3) is 0 Å². The number of nitrogens with zero attached hydrogens (tertiary/aromatic N) is 3. The van der Waals surface area contributed by atoms with Gasteiger partial charge in [-0.1, -0.05) is 23.9 Å². The topological polar surface area (TPSA) is 103 Å². The Hall–Kier alpha value is -3.40. The number of rotatable bonds is 7. The molecule has 150 valence electrons. The van der Waals surface area contributed by atoms with Gasteiger partial charge < -0.3 is 19.5 Å². The second-order valence-electron chi connectivity index (χ2n) is 6.02. The van der Waals surface area contributed by atoms with Crippen LogP contribution in [0.5, 0.6) is 17.2 Å². The minimum Gasteiger partial charge on any atom is -0.493 e. The first kappa shape index (κ1) is 18.9. The van der Waals surface area contributed by atoms with Gasteiger partial charge in [-0.25, -0.2) is 10.1 Å². The van der Waals surface area contributed by atoms with E-state index < -0.39 is 0 Å². The second-order valence-corrected chi connectivity index (χ2v) is 6.96. The molecule has 0 aliphatic heterocycles. The molecular weight excluding hydrogens is 394 g/mol. The predicted octanol–water partition coefficient (Wildman–Crippen LogP) is 2.97. The first-order valence-electron chi connectivity index (χ1n) is 8.68. The van der Waals surface area contributed by atoms with Crippen LogP contribution in [0.3, 0.4) is 0 Å². The quantitative estimate of drug-likeness (QED) is 0.449. The smallest absolute Gasteiger partial charge is 0.234 e. The number of H-pyrrole nitrogens is 1. The molecule has 0 fully saturated rings. The van der Waals surface area contributed by atoms with Crippen molar-refractivity contribution < 1.29 is 19.0 Å². The number of anilines is 1. The molecule has 4 rings (SSSR count). The van der Waals surface area contributed by atoms with Crippen LogP contribution in [-0.4, -0.2) is 52.6 Å². The number of imidazole rings is 1. The molecule has 29 heavy (non-hydrogen) atoms. The zero-order chi connectivity index (χ0) is 20.4. The zero-order valence-electron chi connectivity index (χ0n) is 16.1. The SMILES string of the molecule is COc1cc(NC(=O)CSc2n[nH]c3nc4ccccc4n23)cc(OC)c1OC. The lowest BCUT2D eigenvalue weighted by Crippen LogP contribution is -2.14. The summed E-state index contributed by atoms with van der Waals surface area (Å²) >= 11 is 1.31. The molecule has 1 amide bonds. The molecule has 0 radical (unpaired) electrons. The molecule has 0 bridgehead atoms. The maximum absolute atomic E-state index is 12.5. The Morgan fingerprint density at radius 2 is 1.86 bits per heavy atom. The highest BCUT2D eigenvalue weighted by Gasteiger charge is 2.16. The Kier molecular flexibility index (Phi) is 5.17. The number of thioether (sulfide) groups is 1. The van der Waals surface area contributed by atoms with Gasteiger partial charge in [0, 0.05) is 17.8 Å². The maximum atomic E-state index is 12.5. The van der Waals surface area contributed by atoms with E-state index in [1.165, 1.54) is 33.1 Å². The Morgan fingerprint density at radius 3 is 2.55 bits per heavy atom. The van der Waals surface area contributed by atoms with Crippen LogP contribution in [0.25, 0.3) is 16.8 Å². The molecule has 4 aromatic rings. The number of carbonyl (C=O) groups is 1. The highest BCUT2D eigenvalue weighted by Crippen LogP contribution is 2.40. The van der Waals surface area contributed by atoms with E-state index in [0.717, 1.165) is 11.0 Å². The average molecular weight is 413 g/mol. The van der Waals surface area contributed by atoms with Crippen molar-refractivity contribution in [1.82, 2.24) is 19.6 Å². The van der Waals surface area contributed by atoms with E-state index in [-0.39, 0.29) is 11.7 Å². The second kappa shape index (κ2) is 7.92. The van der Waals surface area contributed by atoms with Gasteiger partial charge in [0.2, 0.25) is 17.4 Å². The van der Waals surface area contributed by atoms with Gasteiger partial charge in [0.15, 0.2) is 16.7 Å². The summed E-state index contributed by atoms with van der Waals surface area (Å²) in [6, 6.07) is 11.1. The standard InChI is InChI=1S/C19H19N5O4S/c1-26-14-8-11(9-15(27-2)17(14)28-3)20-16(25)10-29-19-23-22-18-21-12-6-4-5-7-13(12)24(18)19/h4-9H,10H2,1-3H3,(H,20,25)(H,21,22). The highest BCUT2D eigenvalue weighted by atomic mass is 32.2. The average Bonchev–Trinajstić information content (AvgIpc) is 3.30. The number of fused-ring (bicyclic) bond motifs is 3. The van der Waals surface area contributed by atoms with E-state index in [1.54, 1.807) is 12.1 Å². The molecule has 0 spiro atoms. The first-order chi connectivity index (χ1) is 14.1. The van der Waals surface area contributed by atoms with Crippen molar-refractivity contribution >= 4 is 40.2 Å². The third kappa shape index (κ3) is 3.54. The highest BCUT2D eigenvalue weighted by molar-refractivity contribution is 7.99. The molecule has 9 nitrogen and oxygen atoms in total. The molecule has 0 aliphatic rings. The van der Waals surface area contributed by atoms with E-state index in [2.05, 4.69) is 20.5 Å². The summed E-state index contributed by atoms with van der Waals surface area (Å²) in [7, 11) is 4.58. The molecule has 2 aromatic carbocycles. The van der Waals surface area contributed by atoms with E-state index in [4.69, 9.17) is 14.2 Å². The molecule has 2 heterocycles. The fourth-order valence-corrected chi connectivity index (χ4v) is 3.78. The molecule has 2 N–H and O–H groups in total. The van der Waals surface area contributed by atoms with Gasteiger partial charge in [-0.2, -0.15) is 0 Å². The fraction of sp³-hybridized carbons (Fsp3) is 0.211. The minimum atomic E-state index is -0.190. The number of nitrogens with one attached hydrogen (secondary N) is 2. The lowest BCUT2D eigenvalue weighted by Gasteiger charge is -2.14. The number of ether oxygens (including phenoxy) is 3. The number of hydrogen-bond donors (Lipinski definition) is 2. The summed E-state index contributed by atoms with van der Waals surface area (Å²) in [5.74, 6) is 2.02. The summed E-state index contributed by atoms with van der Waals surface area (Å²) in [6.07, 6.45) is 0. The monoisotopic (exact) mass is 413 g/mol. The van der Waals surface area contributed by atoms with Crippen molar-refractivity contribution in [2.45, 2.75) is 5.16 Å². The van der Waals surface area contributed by atoms with Crippen molar-refractivity contribution in [2.24, 2.45) is 0 Å². The van der Waals surface area contributed by atoms with Crippen molar-refractivity contribution in [3.05, 3.63) is 36.4 Å². The van der Waals surface area contributed by atoms with Gasteiger partial charge in [-0.05, 0) is 12.1 Å². The molecule has 0 unspecified atom stereocenters. The molecule has 2 aromatic heterocycles. The van der Waals surface area contributed by atoms with E-state index >= 15 is 0 Å². The normalized spacial score (nSPS) is 11.0. The number of benzene rings is 2. The van der Waals surface area contributed by atoms with Crippen molar-refractivity contribution in [3.63, 3.8) is 0 Å². The van der Waals surface area contributed by atoms with E-state index in [0.29, 0.717) is 33.9 Å². The number of aromatic amines is 1. The minimum absolute atomic E-state index is 0.170. The lowest BCUT2D eigenvalue weighted by molar-refractivity contribution is -0.113. The van der Waals surface area contributed by atoms with Crippen LogP contribution in [0.4, 0.5) is 5.69 Å². The van der Waals surface area contributed by atoms with E-state index in [9.17, 15) is 4.79 Å². The molecule has 0 atom stereocenters. The van der Waals surface area contributed by atoms with Crippen molar-refractivity contribution in [3.8, 4) is 17.2 Å². The van der Waals surface area contributed by atoms with Gasteiger partial charge in [0.1, 0.15) is 0 Å². The molecule has 0 aliphatic carbocycles. The first-order valence-corrected chi connectivity index (χ1v) is 9.67. The fourth-order valence-electron chi connectivity index (χ4n) is 3.02. The van der Waals surface area contributed by atoms with Crippen LogP contribution < -0.4 is 19.5 Å². The van der Waals surface area contributed by atoms with Gasteiger partial charge in [-0.3, -0.25) is 9.20 Å². The van der Waals surface area contributed by atoms with Crippen LogP contribution in [0.1, 0.15) is 0 Å². The largest absolute Gasteiger partial charge is 0.493 e. The Bertz CT molecular complexity index is 1160. The number of hydrogen-bond acceptors (Lipinski definition) is 7. The number of carbonyl (C=O) groups excluding carboxylic acids is 1. The van der Waals surface area contributed by atoms with Crippen molar-refractivity contribution in [1.29, 1.82) is 0 Å². The summed E-state index contributed by atoms with van der Waals surface area (Å²) < 4.78 is 17.8. The predicted molar refractivity (Wildman–Crippen MR) is 110 cm³/mol. The Balaban J connectivity index is 1.50. The van der Waals surface area contributed by atoms with Gasteiger partial charge in [-0.15, -0.1) is 5.10 Å². The van der Waals surface area contributed by atoms with Crippen LogP contribution >= 0.6 is 11.8 Å². The molecule has 10 heteroatoms. The molecule has 0 saturated heterocycles.